The molecule has 1 aromatic heterocycles. The quantitative estimate of drug-likeness (QED) is 0.0759. The summed E-state index contributed by atoms with van der Waals surface area (Å²) in [5.74, 6) is -1.36. The summed E-state index contributed by atoms with van der Waals surface area (Å²) in [7, 11) is 1.53. The molecule has 5 aromatic rings. The van der Waals surface area contributed by atoms with Gasteiger partial charge in [-0.2, -0.15) is 0 Å². The Balaban J connectivity index is 1.27. The first-order valence-corrected chi connectivity index (χ1v) is 21.2. The van der Waals surface area contributed by atoms with Gasteiger partial charge >= 0.3 is 17.6 Å². The lowest BCUT2D eigenvalue weighted by Crippen LogP contribution is -2.52. The van der Waals surface area contributed by atoms with Gasteiger partial charge in [0.1, 0.15) is 16.9 Å². The van der Waals surface area contributed by atoms with E-state index in [2.05, 4.69) is 60.7 Å². The molecule has 320 valence electrons. The Morgan fingerprint density at radius 2 is 1.57 bits per heavy atom. The lowest BCUT2D eigenvalue weighted by molar-refractivity contribution is -0.188. The van der Waals surface area contributed by atoms with E-state index in [1.807, 2.05) is 18.2 Å². The predicted molar refractivity (Wildman–Crippen MR) is 233 cm³/mol. The molecule has 0 saturated carbocycles. The van der Waals surface area contributed by atoms with Crippen molar-refractivity contribution in [1.82, 2.24) is 0 Å². The molecule has 0 radical (unpaired) electrons. The van der Waals surface area contributed by atoms with E-state index in [9.17, 15) is 24.6 Å². The summed E-state index contributed by atoms with van der Waals surface area (Å²) in [6, 6.07) is 32.4. The second-order valence-electron chi connectivity index (χ2n) is 17.0. The number of aliphatic hydroxyl groups is 2. The minimum absolute atomic E-state index is 0.0761. The van der Waals surface area contributed by atoms with E-state index < -0.39 is 41.3 Å². The zero-order valence-corrected chi connectivity index (χ0v) is 35.5. The van der Waals surface area contributed by atoms with Crippen molar-refractivity contribution in [3.8, 4) is 5.75 Å². The fourth-order valence-corrected chi connectivity index (χ4v) is 8.73. The summed E-state index contributed by atoms with van der Waals surface area (Å²) >= 11 is 0. The predicted octanol–water partition coefficient (Wildman–Crippen LogP) is 8.30. The van der Waals surface area contributed by atoms with Gasteiger partial charge in [0.25, 0.3) is 0 Å². The lowest BCUT2D eigenvalue weighted by atomic mass is 9.86. The van der Waals surface area contributed by atoms with Crippen LogP contribution in [0.2, 0.25) is 0 Å². The van der Waals surface area contributed by atoms with Gasteiger partial charge in [-0.15, -0.1) is 0 Å². The Hall–Kier alpha value is -5.55. The number of rotatable bonds is 11. The zero-order valence-electron chi connectivity index (χ0n) is 35.5. The number of esters is 2. The second kappa shape index (κ2) is 19.4. The van der Waals surface area contributed by atoms with Gasteiger partial charge in [-0.05, 0) is 123 Å². The van der Waals surface area contributed by atoms with Gasteiger partial charge in [0, 0.05) is 42.6 Å². The first-order chi connectivity index (χ1) is 29.5. The minimum atomic E-state index is -1.22. The lowest BCUT2D eigenvalue weighted by Gasteiger charge is -2.43. The molecule has 0 fully saturated rings. The maximum atomic E-state index is 14.5. The summed E-state index contributed by atoms with van der Waals surface area (Å²) < 4.78 is 30.8. The van der Waals surface area contributed by atoms with E-state index in [1.165, 1.54) is 23.8 Å². The summed E-state index contributed by atoms with van der Waals surface area (Å²) in [6.45, 7) is 4.93. The van der Waals surface area contributed by atoms with Gasteiger partial charge in [-0.3, -0.25) is 4.79 Å². The molecule has 4 heterocycles. The van der Waals surface area contributed by atoms with Crippen molar-refractivity contribution < 1.29 is 43.2 Å². The molecule has 0 unspecified atom stereocenters. The first-order valence-electron chi connectivity index (χ1n) is 21.2. The topological polar surface area (TPSA) is 142 Å². The molecule has 0 aliphatic carbocycles. The van der Waals surface area contributed by atoms with E-state index in [1.54, 1.807) is 39.0 Å². The van der Waals surface area contributed by atoms with Crippen LogP contribution in [0.25, 0.3) is 11.0 Å². The molecule has 2 N–H and O–H groups in total. The van der Waals surface area contributed by atoms with Gasteiger partial charge in [0.2, 0.25) is 0 Å². The minimum Gasteiger partial charge on any atom is -0.483 e. The first kappa shape index (κ1) is 43.5. The molecule has 0 spiro atoms. The number of aliphatic hydroxyl groups excluding tert-OH is 2. The van der Waals surface area contributed by atoms with Gasteiger partial charge < -0.3 is 33.6 Å². The molecule has 4 atom stereocenters. The van der Waals surface area contributed by atoms with E-state index >= 15 is 0 Å². The highest BCUT2D eigenvalue weighted by molar-refractivity contribution is 5.90. The number of aryl methyl sites for hydroxylation is 2. The molecular weight excluding hydrogens is 773 g/mol. The molecule has 3 aliphatic heterocycles. The van der Waals surface area contributed by atoms with Crippen molar-refractivity contribution in [3.63, 3.8) is 0 Å². The highest BCUT2D eigenvalue weighted by Crippen LogP contribution is 2.47. The highest BCUT2D eigenvalue weighted by atomic mass is 16.6. The third-order valence-electron chi connectivity index (χ3n) is 12.1. The molecule has 8 rings (SSSR count). The third-order valence-corrected chi connectivity index (χ3v) is 12.1. The van der Waals surface area contributed by atoms with Crippen molar-refractivity contribution in [3.05, 3.63) is 158 Å². The second-order valence-corrected chi connectivity index (χ2v) is 17.0. The Morgan fingerprint density at radius 3 is 2.31 bits per heavy atom. The molecule has 2 bridgehead atoms. The van der Waals surface area contributed by atoms with Crippen molar-refractivity contribution >= 4 is 22.9 Å². The average Bonchev–Trinajstić information content (AvgIpc) is 3.24. The summed E-state index contributed by atoms with van der Waals surface area (Å²) in [6.07, 6.45) is 1.74. The van der Waals surface area contributed by atoms with Crippen LogP contribution in [0.5, 0.6) is 5.75 Å². The number of fused-ring (bicyclic) bond motifs is 13. The van der Waals surface area contributed by atoms with Crippen LogP contribution in [0.4, 0.5) is 0 Å². The number of methoxy groups -OCH3 is 1. The standard InChI is InChI=1S/C51H56O10/c1-32(30-53)41-21-19-33-13-15-36(16-14-33)27-38(18-17-35-11-8-12-37(26-35)25-34-9-6-5-7-10-34)28-44(54)58-47-45-43(61-51(2,3)48(47)60-49(41)55)22-20-39-29-42(50(56)59-46(39)45)40(23-24-52)31-57-4/h5-16,20,22,26,29,38,40,47-48,52-53H,17-19,21,23-25,27-28,30-31H2,1-4H3/t38-,40+,47-,48-/m0/s1. The molecule has 61 heavy (non-hydrogen) atoms. The normalized spacial score (nSPS) is 20.5. The van der Waals surface area contributed by atoms with E-state index in [-0.39, 0.29) is 49.7 Å². The monoisotopic (exact) mass is 828 g/mol. The number of benzene rings is 4. The van der Waals surface area contributed by atoms with Crippen LogP contribution >= 0.6 is 0 Å². The van der Waals surface area contributed by atoms with Gasteiger partial charge in [0.15, 0.2) is 12.2 Å². The molecule has 4 aromatic carbocycles. The van der Waals surface area contributed by atoms with Crippen LogP contribution in [0.15, 0.2) is 117 Å². The fourth-order valence-electron chi connectivity index (χ4n) is 8.73. The number of hydrogen-bond donors (Lipinski definition) is 2. The maximum Gasteiger partial charge on any atom is 0.339 e. The smallest absolute Gasteiger partial charge is 0.339 e. The molecule has 10 heteroatoms. The zero-order chi connectivity index (χ0) is 43.1. The Labute approximate surface area is 357 Å². The number of ether oxygens (including phenoxy) is 4. The van der Waals surface area contributed by atoms with Crippen molar-refractivity contribution in [2.45, 2.75) is 95.9 Å². The highest BCUT2D eigenvalue weighted by Gasteiger charge is 2.50. The number of hydrogen-bond acceptors (Lipinski definition) is 10. The SMILES string of the molecule is COC[C@@H](CCO)c1cc2ccc3c(c2oc1=O)[C@@H]1OC(=O)C[C@@H](CCc2cccc(Cc4ccccc4)c2)Cc2ccc(cc2)CCC(=C(C)CO)C(=O)O[C@@H]1C(C)(C)O3. The van der Waals surface area contributed by atoms with Crippen LogP contribution in [0, 0.1) is 5.92 Å². The van der Waals surface area contributed by atoms with Gasteiger partial charge in [-0.1, -0.05) is 78.9 Å². The summed E-state index contributed by atoms with van der Waals surface area (Å²) in [5.41, 5.74) is 5.47. The summed E-state index contributed by atoms with van der Waals surface area (Å²) in [5, 5.41) is 20.5. The maximum absolute atomic E-state index is 14.5. The van der Waals surface area contributed by atoms with Crippen molar-refractivity contribution in [1.29, 1.82) is 0 Å². The Morgan fingerprint density at radius 1 is 0.836 bits per heavy atom. The van der Waals surface area contributed by atoms with Crippen LogP contribution < -0.4 is 10.4 Å². The molecular formula is C51H56O10. The van der Waals surface area contributed by atoms with Crippen LogP contribution in [0.1, 0.15) is 97.4 Å². The molecule has 0 amide bonds. The van der Waals surface area contributed by atoms with Crippen molar-refractivity contribution in [2.24, 2.45) is 5.92 Å². The van der Waals surface area contributed by atoms with Gasteiger partial charge in [0.05, 0.1) is 18.8 Å². The average molecular weight is 829 g/mol. The molecule has 0 saturated heterocycles. The van der Waals surface area contributed by atoms with E-state index in [4.69, 9.17) is 23.4 Å². The molecule has 10 nitrogen and oxygen atoms in total. The fraction of sp³-hybridized carbons (Fsp3) is 0.392. The van der Waals surface area contributed by atoms with Crippen LogP contribution in [-0.2, 0) is 49.5 Å². The van der Waals surface area contributed by atoms with Crippen LogP contribution in [0.3, 0.4) is 0 Å². The van der Waals surface area contributed by atoms with E-state index in [0.29, 0.717) is 53.5 Å². The number of carbonyl (C=O) groups is 2. The molecule has 3 aliphatic rings. The van der Waals surface area contributed by atoms with Crippen LogP contribution in [-0.4, -0.2) is 60.8 Å². The largest absolute Gasteiger partial charge is 0.483 e. The third kappa shape index (κ3) is 10.3. The van der Waals surface area contributed by atoms with E-state index in [0.717, 1.165) is 24.0 Å². The van der Waals surface area contributed by atoms with Crippen molar-refractivity contribution in [2.75, 3.05) is 26.9 Å². The Kier molecular flexibility index (Phi) is 13.9. The summed E-state index contributed by atoms with van der Waals surface area (Å²) in [4.78, 5) is 42.5. The Bertz CT molecular complexity index is 2410. The van der Waals surface area contributed by atoms with Gasteiger partial charge in [-0.25, -0.2) is 9.59 Å². The number of carbonyl (C=O) groups excluding carboxylic acids is 2.